The molecule has 0 unspecified atom stereocenters. The van der Waals surface area contributed by atoms with Crippen LogP contribution in [0.3, 0.4) is 0 Å². The summed E-state index contributed by atoms with van der Waals surface area (Å²) in [5, 5.41) is -0.173. The predicted octanol–water partition coefficient (Wildman–Crippen LogP) is 7.93. The zero-order valence-electron chi connectivity index (χ0n) is 17.3. The van der Waals surface area contributed by atoms with Crippen molar-refractivity contribution in [3.05, 3.63) is 30.1 Å². The average Bonchev–Trinajstić information content (AvgIpc) is 2.70. The van der Waals surface area contributed by atoms with E-state index >= 15 is 0 Å². The van der Waals surface area contributed by atoms with E-state index in [1.54, 1.807) is 12.4 Å². The van der Waals surface area contributed by atoms with Crippen molar-refractivity contribution in [3.63, 3.8) is 0 Å². The highest BCUT2D eigenvalue weighted by Gasteiger charge is 2.04. The summed E-state index contributed by atoms with van der Waals surface area (Å²) in [4.78, 5) is 15.7. The molecule has 0 bridgehead atoms. The maximum Gasteiger partial charge on any atom is 0.367 e. The van der Waals surface area contributed by atoms with Gasteiger partial charge in [0.05, 0.1) is 0 Å². The predicted molar refractivity (Wildman–Crippen MR) is 117 cm³/mol. The standard InChI is InChI=1S/C23H39NO2S/c1-2-3-4-5-6-7-8-9-10-11-12-13-14-15-19-27-23(25)26-21-22-17-16-18-24-20-22/h16-18,20H,2-15,19,21H2,1H3. The van der Waals surface area contributed by atoms with Crippen LogP contribution in [0.25, 0.3) is 0 Å². The summed E-state index contributed by atoms with van der Waals surface area (Å²) < 4.78 is 5.23. The smallest absolute Gasteiger partial charge is 0.367 e. The third-order valence-electron chi connectivity index (χ3n) is 4.80. The van der Waals surface area contributed by atoms with Crippen LogP contribution in [0.15, 0.2) is 24.5 Å². The second-order valence-electron chi connectivity index (χ2n) is 7.34. The zero-order valence-corrected chi connectivity index (χ0v) is 18.1. The monoisotopic (exact) mass is 393 g/mol. The lowest BCUT2D eigenvalue weighted by Crippen LogP contribution is -1.99. The van der Waals surface area contributed by atoms with E-state index in [4.69, 9.17) is 4.74 Å². The minimum absolute atomic E-state index is 0.173. The number of ether oxygens (including phenoxy) is 1. The molecule has 0 aliphatic heterocycles. The number of carbonyl (C=O) groups is 1. The maximum atomic E-state index is 11.7. The Morgan fingerprint density at radius 2 is 1.44 bits per heavy atom. The van der Waals surface area contributed by atoms with Gasteiger partial charge in [-0.15, -0.1) is 0 Å². The van der Waals surface area contributed by atoms with Gasteiger partial charge in [0.15, 0.2) is 0 Å². The number of carbonyl (C=O) groups excluding carboxylic acids is 1. The van der Waals surface area contributed by atoms with Crippen molar-refractivity contribution in [2.75, 3.05) is 5.75 Å². The number of pyridine rings is 1. The first-order valence-corrected chi connectivity index (χ1v) is 12.0. The second kappa shape index (κ2) is 18.3. The molecule has 4 heteroatoms. The van der Waals surface area contributed by atoms with Gasteiger partial charge in [0.2, 0.25) is 0 Å². The summed E-state index contributed by atoms with van der Waals surface area (Å²) in [6, 6.07) is 3.77. The molecule has 0 spiro atoms. The van der Waals surface area contributed by atoms with Crippen LogP contribution in [0.5, 0.6) is 0 Å². The van der Waals surface area contributed by atoms with Crippen LogP contribution in [0, 0.1) is 0 Å². The van der Waals surface area contributed by atoms with Crippen LogP contribution in [0.1, 0.15) is 102 Å². The van der Waals surface area contributed by atoms with Crippen molar-refractivity contribution in [1.82, 2.24) is 4.98 Å². The van der Waals surface area contributed by atoms with E-state index in [0.717, 1.165) is 17.7 Å². The van der Waals surface area contributed by atoms with Crippen LogP contribution < -0.4 is 0 Å². The lowest BCUT2D eigenvalue weighted by molar-refractivity contribution is 0.168. The average molecular weight is 394 g/mol. The van der Waals surface area contributed by atoms with E-state index in [1.165, 1.54) is 95.2 Å². The van der Waals surface area contributed by atoms with Crippen LogP contribution >= 0.6 is 11.8 Å². The molecular formula is C23H39NO2S. The Balaban J connectivity index is 1.77. The number of unbranched alkanes of at least 4 members (excludes halogenated alkanes) is 13. The summed E-state index contributed by atoms with van der Waals surface area (Å²) in [7, 11) is 0. The summed E-state index contributed by atoms with van der Waals surface area (Å²) in [5.74, 6) is 0.865. The van der Waals surface area contributed by atoms with E-state index in [0.29, 0.717) is 6.61 Å². The molecule has 3 nitrogen and oxygen atoms in total. The third kappa shape index (κ3) is 15.7. The second-order valence-corrected chi connectivity index (χ2v) is 8.37. The van der Waals surface area contributed by atoms with Crippen molar-refractivity contribution in [3.8, 4) is 0 Å². The molecule has 0 aliphatic carbocycles. The fourth-order valence-electron chi connectivity index (χ4n) is 3.12. The van der Waals surface area contributed by atoms with Gasteiger partial charge >= 0.3 is 5.30 Å². The molecule has 0 aromatic carbocycles. The number of hydrogen-bond acceptors (Lipinski definition) is 4. The van der Waals surface area contributed by atoms with Crippen LogP contribution in [-0.4, -0.2) is 16.0 Å². The normalized spacial score (nSPS) is 10.9. The Morgan fingerprint density at radius 1 is 0.889 bits per heavy atom. The molecule has 27 heavy (non-hydrogen) atoms. The van der Waals surface area contributed by atoms with Crippen LogP contribution in [0.2, 0.25) is 0 Å². The highest BCUT2D eigenvalue weighted by atomic mass is 32.2. The fourth-order valence-corrected chi connectivity index (χ4v) is 3.78. The fraction of sp³-hybridized carbons (Fsp3) is 0.739. The molecule has 0 saturated heterocycles. The van der Waals surface area contributed by atoms with E-state index in [9.17, 15) is 4.79 Å². The highest BCUT2D eigenvalue weighted by molar-refractivity contribution is 8.13. The van der Waals surface area contributed by atoms with Crippen molar-refractivity contribution in [2.45, 2.75) is 103 Å². The number of aromatic nitrogens is 1. The third-order valence-corrected chi connectivity index (χ3v) is 5.64. The molecule has 0 amide bonds. The van der Waals surface area contributed by atoms with Crippen molar-refractivity contribution >= 4 is 17.1 Å². The molecule has 0 N–H and O–H groups in total. The Morgan fingerprint density at radius 3 is 1.96 bits per heavy atom. The molecule has 0 fully saturated rings. The number of hydrogen-bond donors (Lipinski definition) is 0. The zero-order chi connectivity index (χ0) is 19.4. The first kappa shape index (κ1) is 24.0. The lowest BCUT2D eigenvalue weighted by atomic mass is 10.0. The SMILES string of the molecule is CCCCCCCCCCCCCCCCSC(=O)OCc1cccnc1. The minimum atomic E-state index is -0.173. The van der Waals surface area contributed by atoms with Crippen LogP contribution in [-0.2, 0) is 11.3 Å². The van der Waals surface area contributed by atoms with Gasteiger partial charge in [-0.05, 0) is 24.2 Å². The maximum absolute atomic E-state index is 11.7. The Labute approximate surface area is 171 Å². The molecule has 0 aliphatic rings. The molecule has 1 aromatic rings. The largest absolute Gasteiger partial charge is 0.453 e. The molecular weight excluding hydrogens is 354 g/mol. The molecule has 154 valence electrons. The van der Waals surface area contributed by atoms with Gasteiger partial charge in [0, 0.05) is 23.7 Å². The van der Waals surface area contributed by atoms with E-state index in [1.807, 2.05) is 12.1 Å². The quantitative estimate of drug-likeness (QED) is 0.199. The Kier molecular flexibility index (Phi) is 16.3. The van der Waals surface area contributed by atoms with Gasteiger partial charge in [-0.3, -0.25) is 4.98 Å². The van der Waals surface area contributed by atoms with Crippen molar-refractivity contribution in [2.24, 2.45) is 0 Å². The Bertz CT molecular complexity index is 453. The molecule has 1 rings (SSSR count). The summed E-state index contributed by atoms with van der Waals surface area (Å²) in [6.45, 7) is 2.59. The summed E-state index contributed by atoms with van der Waals surface area (Å²) >= 11 is 1.30. The van der Waals surface area contributed by atoms with E-state index in [2.05, 4.69) is 11.9 Å². The minimum Gasteiger partial charge on any atom is -0.453 e. The van der Waals surface area contributed by atoms with Gasteiger partial charge in [0.25, 0.3) is 0 Å². The summed E-state index contributed by atoms with van der Waals surface area (Å²) in [5.41, 5.74) is 0.933. The first-order chi connectivity index (χ1) is 13.3. The topological polar surface area (TPSA) is 39.2 Å². The van der Waals surface area contributed by atoms with Gasteiger partial charge in [0.1, 0.15) is 6.61 Å². The van der Waals surface area contributed by atoms with E-state index in [-0.39, 0.29) is 5.30 Å². The molecule has 0 radical (unpaired) electrons. The van der Waals surface area contributed by atoms with Crippen molar-refractivity contribution < 1.29 is 9.53 Å². The number of thioether (sulfide) groups is 1. The van der Waals surface area contributed by atoms with Gasteiger partial charge in [-0.25, -0.2) is 4.79 Å². The van der Waals surface area contributed by atoms with Crippen molar-refractivity contribution in [1.29, 1.82) is 0 Å². The van der Waals surface area contributed by atoms with Crippen LogP contribution in [0.4, 0.5) is 4.79 Å². The molecule has 1 heterocycles. The number of nitrogens with zero attached hydrogens (tertiary/aromatic N) is 1. The van der Waals surface area contributed by atoms with Gasteiger partial charge < -0.3 is 4.74 Å². The van der Waals surface area contributed by atoms with E-state index < -0.39 is 0 Å². The molecule has 1 aromatic heterocycles. The van der Waals surface area contributed by atoms with Gasteiger partial charge in [-0.2, -0.15) is 0 Å². The molecule has 0 saturated carbocycles. The first-order valence-electron chi connectivity index (χ1n) is 11.0. The molecule has 0 atom stereocenters. The summed E-state index contributed by atoms with van der Waals surface area (Å²) in [6.07, 6.45) is 22.5. The lowest BCUT2D eigenvalue weighted by Gasteiger charge is -2.04. The Hall–Kier alpha value is -1.03. The van der Waals surface area contributed by atoms with Gasteiger partial charge in [-0.1, -0.05) is 96.5 Å². The number of rotatable bonds is 17. The highest BCUT2D eigenvalue weighted by Crippen LogP contribution is 2.15.